The zero-order chi connectivity index (χ0) is 32.5. The molecule has 4 heterocycles. The van der Waals surface area contributed by atoms with Crippen molar-refractivity contribution in [2.75, 3.05) is 32.2 Å². The van der Waals surface area contributed by atoms with Gasteiger partial charge < -0.3 is 23.0 Å². The molecule has 0 aliphatic heterocycles. The number of nitrogens with zero attached hydrogens (tertiary/aromatic N) is 6. The summed E-state index contributed by atoms with van der Waals surface area (Å²) in [4.78, 5) is 4.68. The van der Waals surface area contributed by atoms with E-state index < -0.39 is 29.5 Å². The van der Waals surface area contributed by atoms with E-state index in [0.717, 1.165) is 0 Å². The first kappa shape index (κ1) is 32.3. The van der Waals surface area contributed by atoms with Crippen LogP contribution in [0.2, 0.25) is 25.7 Å². The van der Waals surface area contributed by atoms with Crippen LogP contribution in [0.4, 0.5) is 5.95 Å². The summed E-state index contributed by atoms with van der Waals surface area (Å²) in [6.07, 6.45) is 2.79. The Labute approximate surface area is 264 Å². The van der Waals surface area contributed by atoms with Gasteiger partial charge in [0.05, 0.1) is 19.9 Å². The molecule has 45 heavy (non-hydrogen) atoms. The largest absolute Gasteiger partial charge is 0.494 e. The molecule has 1 aromatic carbocycles. The number of ether oxygens (including phenoxy) is 3. The fourth-order valence-electron chi connectivity index (χ4n) is 5.19. The zero-order valence-electron chi connectivity index (χ0n) is 26.9. The van der Waals surface area contributed by atoms with Crippen molar-refractivity contribution in [2.45, 2.75) is 50.9 Å². The van der Waals surface area contributed by atoms with Crippen LogP contribution < -0.4 is 13.8 Å². The molecule has 2 atom stereocenters. The van der Waals surface area contributed by atoms with E-state index >= 15 is 0 Å². The molecule has 0 N–H and O–H groups in total. The number of para-hydroxylation sites is 1. The van der Waals surface area contributed by atoms with Crippen LogP contribution in [0.25, 0.3) is 22.9 Å². The lowest BCUT2D eigenvalue weighted by Crippen LogP contribution is -2.44. The Kier molecular flexibility index (Phi) is 9.10. The maximum Gasteiger partial charge on any atom is 0.246 e. The molecular weight excluding hydrogens is 613 g/mol. The molecule has 0 saturated heterocycles. The Morgan fingerprint density at radius 2 is 1.69 bits per heavy atom. The summed E-state index contributed by atoms with van der Waals surface area (Å²) in [5.74, 6) is 2.33. The Balaban J connectivity index is 1.72. The van der Waals surface area contributed by atoms with E-state index in [1.165, 1.54) is 11.4 Å². The first-order chi connectivity index (χ1) is 21.4. The topological polar surface area (TPSA) is 126 Å². The average Bonchev–Trinajstić information content (AvgIpc) is 3.74. The molecule has 0 radical (unpaired) electrons. The van der Waals surface area contributed by atoms with Crippen molar-refractivity contribution in [3.05, 3.63) is 72.4 Å². The van der Waals surface area contributed by atoms with Crippen LogP contribution in [-0.4, -0.2) is 73.8 Å². The van der Waals surface area contributed by atoms with Crippen molar-refractivity contribution in [2.24, 2.45) is 0 Å². The van der Waals surface area contributed by atoms with Gasteiger partial charge in [-0.05, 0) is 56.3 Å². The van der Waals surface area contributed by atoms with Gasteiger partial charge in [-0.15, -0.1) is 10.2 Å². The molecule has 0 aliphatic carbocycles. The third-order valence-electron chi connectivity index (χ3n) is 7.65. The molecule has 4 aromatic heterocycles. The van der Waals surface area contributed by atoms with E-state index in [4.69, 9.17) is 18.6 Å². The summed E-state index contributed by atoms with van der Waals surface area (Å²) >= 11 is 0. The summed E-state index contributed by atoms with van der Waals surface area (Å²) in [5, 5.41) is 7.95. The predicted octanol–water partition coefficient (Wildman–Crippen LogP) is 5.75. The first-order valence-corrected chi connectivity index (χ1v) is 19.8. The number of fused-ring (bicyclic) bond motifs is 1. The van der Waals surface area contributed by atoms with Crippen molar-refractivity contribution in [1.29, 1.82) is 0 Å². The molecule has 0 saturated carbocycles. The van der Waals surface area contributed by atoms with E-state index in [0.29, 0.717) is 51.9 Å². The fraction of sp³-hybridized carbons (Fsp3) is 0.387. The number of hydrogen-bond acceptors (Lipinski definition) is 9. The van der Waals surface area contributed by atoms with Crippen LogP contribution in [0.3, 0.4) is 0 Å². The molecule has 240 valence electrons. The molecule has 0 amide bonds. The summed E-state index contributed by atoms with van der Waals surface area (Å²) in [6, 6.07) is 15.2. The predicted molar refractivity (Wildman–Crippen MR) is 176 cm³/mol. The van der Waals surface area contributed by atoms with Gasteiger partial charge in [0.25, 0.3) is 0 Å². The fourth-order valence-corrected chi connectivity index (χ4v) is 7.90. The normalized spacial score (nSPS) is 13.6. The number of hydrogen-bond donors (Lipinski definition) is 0. The van der Waals surface area contributed by atoms with Crippen LogP contribution in [0.1, 0.15) is 24.5 Å². The Bertz CT molecular complexity index is 1840. The van der Waals surface area contributed by atoms with Crippen LogP contribution in [0.5, 0.6) is 11.5 Å². The van der Waals surface area contributed by atoms with Gasteiger partial charge in [-0.1, -0.05) is 31.8 Å². The number of sulfonamides is 1. The van der Waals surface area contributed by atoms with E-state index in [2.05, 4.69) is 34.8 Å². The van der Waals surface area contributed by atoms with Crippen molar-refractivity contribution >= 4 is 29.7 Å². The number of methoxy groups -OCH3 is 3. The van der Waals surface area contributed by atoms with Crippen LogP contribution >= 0.6 is 0 Å². The molecular formula is C31H40N6O6SSi. The van der Waals surface area contributed by atoms with Gasteiger partial charge in [-0.25, -0.2) is 17.7 Å². The van der Waals surface area contributed by atoms with Crippen molar-refractivity contribution in [3.8, 4) is 28.8 Å². The highest BCUT2D eigenvalue weighted by Gasteiger charge is 2.41. The molecule has 0 bridgehead atoms. The lowest BCUT2D eigenvalue weighted by molar-refractivity contribution is 0.0991. The van der Waals surface area contributed by atoms with E-state index in [9.17, 15) is 8.42 Å². The smallest absolute Gasteiger partial charge is 0.246 e. The zero-order valence-corrected chi connectivity index (χ0v) is 28.7. The van der Waals surface area contributed by atoms with E-state index in [1.54, 1.807) is 56.2 Å². The van der Waals surface area contributed by atoms with E-state index in [-0.39, 0.29) is 12.5 Å². The summed E-state index contributed by atoms with van der Waals surface area (Å²) in [7, 11) is -1.34. The van der Waals surface area contributed by atoms with E-state index in [1.807, 2.05) is 41.8 Å². The second-order valence-electron chi connectivity index (χ2n) is 12.0. The van der Waals surface area contributed by atoms with Gasteiger partial charge in [0.2, 0.25) is 21.8 Å². The van der Waals surface area contributed by atoms with Gasteiger partial charge >= 0.3 is 0 Å². The number of rotatable bonds is 13. The highest BCUT2D eigenvalue weighted by atomic mass is 32.2. The minimum atomic E-state index is -4.16. The quantitative estimate of drug-likeness (QED) is 0.146. The second kappa shape index (κ2) is 12.7. The maximum absolute atomic E-state index is 14.8. The number of pyridine rings is 1. The first-order valence-electron chi connectivity index (χ1n) is 14.6. The SMILES string of the molecule is COc1cccc(OC)c1-n1c(-c2ccc(C)o2)nnc1N(CC[Si](C)(C)C)S(=O)(=O)[C@@H](C)[C@H](OC)c1cn2ccccc2n1. The lowest BCUT2D eigenvalue weighted by Gasteiger charge is -2.31. The molecule has 0 aliphatic rings. The summed E-state index contributed by atoms with van der Waals surface area (Å²) < 4.78 is 57.8. The van der Waals surface area contributed by atoms with Gasteiger partial charge in [-0.3, -0.25) is 4.57 Å². The van der Waals surface area contributed by atoms with Crippen molar-refractivity contribution < 1.29 is 27.0 Å². The summed E-state index contributed by atoms with van der Waals surface area (Å²) in [5.41, 5.74) is 1.64. The standard InChI is InChI=1S/C31H40N6O6SSi/c1-21-15-16-26(43-21)30-33-34-31(37(30)28-24(40-3)12-11-13-25(28)41-4)36(18-19-45(6,7)8)44(38,39)22(2)29(42-5)23-20-35-17-10-9-14-27(35)32-23/h9-17,20,22,29H,18-19H2,1-8H3/t22-,29-/m0/s1. The second-order valence-corrected chi connectivity index (χ2v) is 19.8. The third-order valence-corrected chi connectivity index (χ3v) is 11.5. The molecule has 12 nitrogen and oxygen atoms in total. The highest BCUT2D eigenvalue weighted by molar-refractivity contribution is 7.93. The monoisotopic (exact) mass is 652 g/mol. The average molecular weight is 653 g/mol. The highest BCUT2D eigenvalue weighted by Crippen LogP contribution is 2.40. The molecule has 14 heteroatoms. The Hall–Kier alpha value is -4.14. The number of aromatic nitrogens is 5. The van der Waals surface area contributed by atoms with Gasteiger partial charge in [0.1, 0.15) is 39.9 Å². The molecule has 5 rings (SSSR count). The number of benzene rings is 1. The minimum Gasteiger partial charge on any atom is -0.494 e. The third kappa shape index (κ3) is 6.35. The van der Waals surface area contributed by atoms with Crippen molar-refractivity contribution in [1.82, 2.24) is 24.1 Å². The molecule has 0 spiro atoms. The van der Waals surface area contributed by atoms with Crippen LogP contribution in [0, 0.1) is 6.92 Å². The van der Waals surface area contributed by atoms with Crippen LogP contribution in [0.15, 0.2) is 65.3 Å². The summed E-state index contributed by atoms with van der Waals surface area (Å²) in [6.45, 7) is 10.2. The van der Waals surface area contributed by atoms with Gasteiger partial charge in [0.15, 0.2) is 5.76 Å². The number of furan rings is 1. The van der Waals surface area contributed by atoms with Crippen LogP contribution in [-0.2, 0) is 14.8 Å². The maximum atomic E-state index is 14.8. The minimum absolute atomic E-state index is 0.0804. The number of aryl methyl sites for hydroxylation is 1. The number of imidazole rings is 1. The Morgan fingerprint density at radius 3 is 2.27 bits per heavy atom. The van der Waals surface area contributed by atoms with Gasteiger partial charge in [-0.2, -0.15) is 0 Å². The Morgan fingerprint density at radius 1 is 0.978 bits per heavy atom. The van der Waals surface area contributed by atoms with Gasteiger partial charge in [0, 0.05) is 34.1 Å². The molecule has 5 aromatic rings. The number of anilines is 1. The van der Waals surface area contributed by atoms with Crippen molar-refractivity contribution in [3.63, 3.8) is 0 Å². The lowest BCUT2D eigenvalue weighted by atomic mass is 10.2. The molecule has 0 fully saturated rings. The molecule has 0 unspecified atom stereocenters.